The van der Waals surface area contributed by atoms with Gasteiger partial charge in [0, 0.05) is 32.7 Å². The summed E-state index contributed by atoms with van der Waals surface area (Å²) in [7, 11) is -1.51. The molecular formula is C12H18BClN2O3. The Bertz CT molecular complexity index is 414. The highest BCUT2D eigenvalue weighted by Crippen LogP contribution is 2.22. The third kappa shape index (κ3) is 4.37. The highest BCUT2D eigenvalue weighted by molar-refractivity contribution is 6.59. The minimum absolute atomic E-state index is 0.361. The predicted octanol–water partition coefficient (Wildman–Crippen LogP) is -0.696. The van der Waals surface area contributed by atoms with Crippen LogP contribution >= 0.6 is 11.6 Å². The van der Waals surface area contributed by atoms with Crippen LogP contribution in [0.25, 0.3) is 0 Å². The molecule has 1 saturated heterocycles. The Morgan fingerprint density at radius 1 is 1.32 bits per heavy atom. The molecule has 0 atom stereocenters. The van der Waals surface area contributed by atoms with Crippen molar-refractivity contribution in [2.75, 3.05) is 39.3 Å². The SMILES string of the molecule is OB(O)c1ccc(OCCN2CCNCC2)c(Cl)c1. The third-order valence-corrected chi connectivity index (χ3v) is 3.42. The van der Waals surface area contributed by atoms with E-state index in [-0.39, 0.29) is 0 Å². The molecule has 0 spiro atoms. The first kappa shape index (κ1) is 14.6. The van der Waals surface area contributed by atoms with Gasteiger partial charge in [-0.3, -0.25) is 4.90 Å². The van der Waals surface area contributed by atoms with E-state index in [0.29, 0.717) is 22.8 Å². The molecule has 0 unspecified atom stereocenters. The lowest BCUT2D eigenvalue weighted by Gasteiger charge is -2.27. The number of benzene rings is 1. The molecule has 1 aromatic rings. The van der Waals surface area contributed by atoms with E-state index in [9.17, 15) is 0 Å². The number of hydrogen-bond acceptors (Lipinski definition) is 5. The van der Waals surface area contributed by atoms with E-state index < -0.39 is 7.12 Å². The minimum atomic E-state index is -1.51. The average Bonchev–Trinajstić information content (AvgIpc) is 2.41. The van der Waals surface area contributed by atoms with Crippen molar-refractivity contribution >= 4 is 24.2 Å². The summed E-state index contributed by atoms with van der Waals surface area (Å²) in [6.07, 6.45) is 0. The molecule has 0 saturated carbocycles. The molecule has 0 amide bonds. The zero-order valence-corrected chi connectivity index (χ0v) is 11.4. The first-order valence-corrected chi connectivity index (χ1v) is 6.76. The van der Waals surface area contributed by atoms with Gasteiger partial charge in [0.15, 0.2) is 0 Å². The average molecular weight is 285 g/mol. The van der Waals surface area contributed by atoms with Gasteiger partial charge in [0.05, 0.1) is 5.02 Å². The van der Waals surface area contributed by atoms with Gasteiger partial charge in [-0.05, 0) is 17.6 Å². The molecule has 104 valence electrons. The fourth-order valence-electron chi connectivity index (χ4n) is 2.01. The molecule has 7 heteroatoms. The number of halogens is 1. The van der Waals surface area contributed by atoms with Crippen molar-refractivity contribution in [2.45, 2.75) is 0 Å². The smallest absolute Gasteiger partial charge is 0.488 e. The Balaban J connectivity index is 1.82. The summed E-state index contributed by atoms with van der Waals surface area (Å²) >= 11 is 6.02. The van der Waals surface area contributed by atoms with Gasteiger partial charge in [-0.15, -0.1) is 0 Å². The van der Waals surface area contributed by atoms with Crippen LogP contribution < -0.4 is 15.5 Å². The van der Waals surface area contributed by atoms with Crippen LogP contribution in [0.15, 0.2) is 18.2 Å². The molecule has 0 aromatic heterocycles. The summed E-state index contributed by atoms with van der Waals surface area (Å²) in [6, 6.07) is 4.76. The predicted molar refractivity (Wildman–Crippen MR) is 76.1 cm³/mol. The van der Waals surface area contributed by atoms with E-state index in [4.69, 9.17) is 26.4 Å². The van der Waals surface area contributed by atoms with Crippen molar-refractivity contribution in [3.63, 3.8) is 0 Å². The van der Waals surface area contributed by atoms with Crippen molar-refractivity contribution in [3.05, 3.63) is 23.2 Å². The zero-order valence-electron chi connectivity index (χ0n) is 10.7. The lowest BCUT2D eigenvalue weighted by atomic mass is 9.80. The van der Waals surface area contributed by atoms with Gasteiger partial charge in [-0.25, -0.2) is 0 Å². The quantitative estimate of drug-likeness (QED) is 0.624. The Hall–Kier alpha value is -0.785. The summed E-state index contributed by atoms with van der Waals surface area (Å²) in [5, 5.41) is 21.7. The van der Waals surface area contributed by atoms with Crippen molar-refractivity contribution < 1.29 is 14.8 Å². The van der Waals surface area contributed by atoms with Crippen LogP contribution in [0.4, 0.5) is 0 Å². The number of rotatable bonds is 5. The molecule has 19 heavy (non-hydrogen) atoms. The van der Waals surface area contributed by atoms with E-state index in [0.717, 1.165) is 32.7 Å². The van der Waals surface area contributed by atoms with Crippen LogP contribution in [0.1, 0.15) is 0 Å². The summed E-state index contributed by atoms with van der Waals surface area (Å²) in [5.74, 6) is 0.571. The third-order valence-electron chi connectivity index (χ3n) is 3.13. The van der Waals surface area contributed by atoms with Crippen LogP contribution in [0.2, 0.25) is 5.02 Å². The Morgan fingerprint density at radius 3 is 2.68 bits per heavy atom. The largest absolute Gasteiger partial charge is 0.491 e. The lowest BCUT2D eigenvalue weighted by molar-refractivity contribution is 0.191. The van der Waals surface area contributed by atoms with Gasteiger partial charge in [0.1, 0.15) is 12.4 Å². The number of nitrogens with one attached hydrogen (secondary N) is 1. The van der Waals surface area contributed by atoms with E-state index in [1.54, 1.807) is 12.1 Å². The molecule has 5 nitrogen and oxygen atoms in total. The van der Waals surface area contributed by atoms with E-state index in [1.165, 1.54) is 6.07 Å². The minimum Gasteiger partial charge on any atom is -0.491 e. The molecule has 0 radical (unpaired) electrons. The first-order valence-electron chi connectivity index (χ1n) is 6.38. The summed E-state index contributed by atoms with van der Waals surface area (Å²) in [4.78, 5) is 2.33. The molecule has 2 rings (SSSR count). The number of ether oxygens (including phenoxy) is 1. The summed E-state index contributed by atoms with van der Waals surface area (Å²) in [6.45, 7) is 5.54. The highest BCUT2D eigenvalue weighted by atomic mass is 35.5. The fraction of sp³-hybridized carbons (Fsp3) is 0.500. The van der Waals surface area contributed by atoms with Gasteiger partial charge in [-0.1, -0.05) is 17.7 Å². The van der Waals surface area contributed by atoms with Gasteiger partial charge in [0.2, 0.25) is 0 Å². The van der Waals surface area contributed by atoms with E-state index in [1.807, 2.05) is 0 Å². The van der Waals surface area contributed by atoms with Crippen LogP contribution in [0, 0.1) is 0 Å². The Morgan fingerprint density at radius 2 is 2.05 bits per heavy atom. The molecule has 0 aliphatic carbocycles. The summed E-state index contributed by atoms with van der Waals surface area (Å²) < 4.78 is 5.62. The number of nitrogens with zero attached hydrogens (tertiary/aromatic N) is 1. The zero-order chi connectivity index (χ0) is 13.7. The van der Waals surface area contributed by atoms with Crippen molar-refractivity contribution in [3.8, 4) is 5.75 Å². The molecule has 3 N–H and O–H groups in total. The second-order valence-electron chi connectivity index (χ2n) is 4.50. The molecule has 1 fully saturated rings. The maximum absolute atomic E-state index is 9.03. The normalized spacial score (nSPS) is 16.4. The Kier molecular flexibility index (Phi) is 5.48. The maximum Gasteiger partial charge on any atom is 0.488 e. The monoisotopic (exact) mass is 284 g/mol. The van der Waals surface area contributed by atoms with E-state index >= 15 is 0 Å². The van der Waals surface area contributed by atoms with Gasteiger partial charge in [-0.2, -0.15) is 0 Å². The molecule has 1 aliphatic rings. The van der Waals surface area contributed by atoms with Crippen molar-refractivity contribution in [1.29, 1.82) is 0 Å². The van der Waals surface area contributed by atoms with Gasteiger partial charge in [0.25, 0.3) is 0 Å². The molecule has 1 aromatic carbocycles. The van der Waals surface area contributed by atoms with E-state index in [2.05, 4.69) is 10.2 Å². The molecule has 0 bridgehead atoms. The van der Waals surface area contributed by atoms with Gasteiger partial charge >= 0.3 is 7.12 Å². The molecular weight excluding hydrogens is 266 g/mol. The standard InChI is InChI=1S/C12H18BClN2O3/c14-11-9-10(13(17)18)1-2-12(11)19-8-7-16-5-3-15-4-6-16/h1-2,9,15,17-18H,3-8H2. The number of hydrogen-bond donors (Lipinski definition) is 3. The van der Waals surface area contributed by atoms with Gasteiger partial charge < -0.3 is 20.1 Å². The second kappa shape index (κ2) is 7.12. The summed E-state index contributed by atoms with van der Waals surface area (Å²) in [5.41, 5.74) is 0.361. The van der Waals surface area contributed by atoms with Crippen LogP contribution in [0.3, 0.4) is 0 Å². The lowest BCUT2D eigenvalue weighted by Crippen LogP contribution is -2.44. The van der Waals surface area contributed by atoms with Crippen molar-refractivity contribution in [1.82, 2.24) is 10.2 Å². The molecule has 1 heterocycles. The van der Waals surface area contributed by atoms with Crippen LogP contribution in [-0.2, 0) is 0 Å². The fourth-order valence-corrected chi connectivity index (χ4v) is 2.26. The second-order valence-corrected chi connectivity index (χ2v) is 4.91. The van der Waals surface area contributed by atoms with Crippen LogP contribution in [0.5, 0.6) is 5.75 Å². The van der Waals surface area contributed by atoms with Crippen molar-refractivity contribution in [2.24, 2.45) is 0 Å². The highest BCUT2D eigenvalue weighted by Gasteiger charge is 2.14. The maximum atomic E-state index is 9.03. The Labute approximate surface area is 118 Å². The topological polar surface area (TPSA) is 65.0 Å². The first-order chi connectivity index (χ1) is 9.16. The molecule has 1 aliphatic heterocycles. The van der Waals surface area contributed by atoms with Crippen LogP contribution in [-0.4, -0.2) is 61.4 Å². The number of piperazine rings is 1.